The van der Waals surface area contributed by atoms with Gasteiger partial charge in [0.15, 0.2) is 0 Å². The summed E-state index contributed by atoms with van der Waals surface area (Å²) in [5.41, 5.74) is 7.82. The predicted octanol–water partition coefficient (Wildman–Crippen LogP) is 2.39. The second-order valence-electron chi connectivity index (χ2n) is 5.57. The van der Waals surface area contributed by atoms with Crippen molar-refractivity contribution in [3.63, 3.8) is 0 Å². The van der Waals surface area contributed by atoms with Crippen molar-refractivity contribution in [2.45, 2.75) is 52.7 Å². The molecule has 0 aromatic heterocycles. The van der Waals surface area contributed by atoms with Gasteiger partial charge in [-0.25, -0.2) is 0 Å². The van der Waals surface area contributed by atoms with E-state index >= 15 is 0 Å². The molecule has 1 aromatic rings. The fourth-order valence-corrected chi connectivity index (χ4v) is 1.93. The highest BCUT2D eigenvalue weighted by molar-refractivity contribution is 5.78. The molecule has 0 spiro atoms. The lowest BCUT2D eigenvalue weighted by Gasteiger charge is -2.27. The minimum atomic E-state index is 0.0718. The molecule has 1 unspecified atom stereocenters. The van der Waals surface area contributed by atoms with Crippen molar-refractivity contribution >= 4 is 11.6 Å². The third-order valence-corrected chi connectivity index (χ3v) is 3.53. The molecule has 1 rings (SSSR count). The van der Waals surface area contributed by atoms with Crippen molar-refractivity contribution in [1.82, 2.24) is 10.2 Å². The summed E-state index contributed by atoms with van der Waals surface area (Å²) < 4.78 is 0. The molecule has 1 aromatic carbocycles. The summed E-state index contributed by atoms with van der Waals surface area (Å²) in [7, 11) is 0. The number of nitrogens with two attached hydrogens (primary N) is 1. The van der Waals surface area contributed by atoms with E-state index in [0.29, 0.717) is 13.1 Å². The highest BCUT2D eigenvalue weighted by atomic mass is 16.2. The average Bonchev–Trinajstić information content (AvgIpc) is 2.40. The molecule has 1 amide bonds. The third-order valence-electron chi connectivity index (χ3n) is 3.53. The summed E-state index contributed by atoms with van der Waals surface area (Å²) in [6.45, 7) is 9.36. The van der Waals surface area contributed by atoms with Crippen LogP contribution < -0.4 is 11.1 Å². The minimum Gasteiger partial charge on any atom is -0.398 e. The molecule has 0 aliphatic rings. The van der Waals surface area contributed by atoms with Gasteiger partial charge in [-0.3, -0.25) is 9.69 Å². The summed E-state index contributed by atoms with van der Waals surface area (Å²) in [6, 6.07) is 8.32. The molecule has 0 bridgehead atoms. The number of para-hydroxylation sites is 1. The van der Waals surface area contributed by atoms with E-state index in [0.717, 1.165) is 17.7 Å². The maximum Gasteiger partial charge on any atom is 0.234 e. The molecular formula is C16H27N3O. The first kappa shape index (κ1) is 16.5. The molecule has 0 saturated carbocycles. The number of benzene rings is 1. The number of rotatable bonds is 7. The number of amides is 1. The number of nitrogen functional groups attached to an aromatic ring is 1. The molecule has 4 heteroatoms. The predicted molar refractivity (Wildman–Crippen MR) is 84.3 cm³/mol. The van der Waals surface area contributed by atoms with Crippen LogP contribution in [0.25, 0.3) is 0 Å². The Labute approximate surface area is 122 Å². The minimum absolute atomic E-state index is 0.0718. The number of hydrogen-bond acceptors (Lipinski definition) is 3. The van der Waals surface area contributed by atoms with Crippen LogP contribution in [0.5, 0.6) is 0 Å². The van der Waals surface area contributed by atoms with Gasteiger partial charge in [0.25, 0.3) is 0 Å². The highest BCUT2D eigenvalue weighted by Gasteiger charge is 2.16. The fourth-order valence-electron chi connectivity index (χ4n) is 1.93. The van der Waals surface area contributed by atoms with Gasteiger partial charge in [-0.2, -0.15) is 0 Å². The molecule has 112 valence electrons. The number of carbonyl (C=O) groups excluding carboxylic acids is 1. The number of nitrogens with one attached hydrogen (secondary N) is 1. The molecule has 0 heterocycles. The summed E-state index contributed by atoms with van der Waals surface area (Å²) in [6.07, 6.45) is 0.944. The summed E-state index contributed by atoms with van der Waals surface area (Å²) in [5, 5.41) is 3.00. The number of anilines is 1. The van der Waals surface area contributed by atoms with E-state index in [1.807, 2.05) is 31.2 Å². The Morgan fingerprint density at radius 3 is 2.50 bits per heavy atom. The topological polar surface area (TPSA) is 58.4 Å². The maximum absolute atomic E-state index is 12.0. The molecule has 20 heavy (non-hydrogen) atoms. The van der Waals surface area contributed by atoms with E-state index in [1.165, 1.54) is 0 Å². The molecule has 1 atom stereocenters. The van der Waals surface area contributed by atoms with Crippen LogP contribution >= 0.6 is 0 Å². The summed E-state index contributed by atoms with van der Waals surface area (Å²) >= 11 is 0. The second kappa shape index (κ2) is 7.90. The quantitative estimate of drug-likeness (QED) is 0.752. The van der Waals surface area contributed by atoms with Gasteiger partial charge in [-0.15, -0.1) is 0 Å². The van der Waals surface area contributed by atoms with Gasteiger partial charge in [0.05, 0.1) is 6.54 Å². The number of nitrogens with zero attached hydrogens (tertiary/aromatic N) is 1. The van der Waals surface area contributed by atoms with Crippen LogP contribution in [0.4, 0.5) is 5.69 Å². The normalized spacial score (nSPS) is 12.7. The highest BCUT2D eigenvalue weighted by Crippen LogP contribution is 2.14. The SMILES string of the molecule is CCC(C)NC(=O)CN(Cc1ccccc1N)C(C)C. The summed E-state index contributed by atoms with van der Waals surface area (Å²) in [5.74, 6) is 0.0718. The lowest BCUT2D eigenvalue weighted by molar-refractivity contribution is -0.123. The van der Waals surface area contributed by atoms with Gasteiger partial charge in [0, 0.05) is 24.3 Å². The van der Waals surface area contributed by atoms with Crippen molar-refractivity contribution < 1.29 is 4.79 Å². The number of hydrogen-bond donors (Lipinski definition) is 2. The zero-order valence-electron chi connectivity index (χ0n) is 13.0. The average molecular weight is 277 g/mol. The summed E-state index contributed by atoms with van der Waals surface area (Å²) in [4.78, 5) is 14.1. The molecule has 3 N–H and O–H groups in total. The van der Waals surface area contributed by atoms with Crippen LogP contribution in [0, 0.1) is 0 Å². The molecule has 0 fully saturated rings. The van der Waals surface area contributed by atoms with Crippen LogP contribution in [-0.4, -0.2) is 29.4 Å². The van der Waals surface area contributed by atoms with Crippen molar-refractivity contribution in [2.75, 3.05) is 12.3 Å². The van der Waals surface area contributed by atoms with E-state index in [9.17, 15) is 4.79 Å². The lowest BCUT2D eigenvalue weighted by atomic mass is 10.1. The van der Waals surface area contributed by atoms with E-state index in [-0.39, 0.29) is 18.0 Å². The molecular weight excluding hydrogens is 250 g/mol. The first-order valence-corrected chi connectivity index (χ1v) is 7.30. The van der Waals surface area contributed by atoms with E-state index in [1.54, 1.807) is 0 Å². The Hall–Kier alpha value is -1.55. The smallest absolute Gasteiger partial charge is 0.234 e. The molecule has 0 saturated heterocycles. The van der Waals surface area contributed by atoms with E-state index < -0.39 is 0 Å². The van der Waals surface area contributed by atoms with Gasteiger partial charge in [0.1, 0.15) is 0 Å². The number of carbonyl (C=O) groups is 1. The first-order chi connectivity index (χ1) is 9.43. The Balaban J connectivity index is 2.66. The molecule has 4 nitrogen and oxygen atoms in total. The van der Waals surface area contributed by atoms with E-state index in [4.69, 9.17) is 5.73 Å². The molecule has 0 aliphatic carbocycles. The monoisotopic (exact) mass is 277 g/mol. The van der Waals surface area contributed by atoms with Crippen molar-refractivity contribution in [3.8, 4) is 0 Å². The third kappa shape index (κ3) is 5.21. The fraction of sp³-hybridized carbons (Fsp3) is 0.562. The Kier molecular flexibility index (Phi) is 6.52. The molecule has 0 aliphatic heterocycles. The van der Waals surface area contributed by atoms with E-state index in [2.05, 4.69) is 31.0 Å². The van der Waals surface area contributed by atoms with Crippen LogP contribution in [0.3, 0.4) is 0 Å². The van der Waals surface area contributed by atoms with Gasteiger partial charge < -0.3 is 11.1 Å². The zero-order chi connectivity index (χ0) is 15.1. The Bertz CT molecular complexity index is 431. The first-order valence-electron chi connectivity index (χ1n) is 7.30. The maximum atomic E-state index is 12.0. The lowest BCUT2D eigenvalue weighted by Crippen LogP contribution is -2.43. The second-order valence-corrected chi connectivity index (χ2v) is 5.57. The van der Waals surface area contributed by atoms with Gasteiger partial charge in [-0.1, -0.05) is 25.1 Å². The van der Waals surface area contributed by atoms with Crippen molar-refractivity contribution in [2.24, 2.45) is 0 Å². The standard InChI is InChI=1S/C16H27N3O/c1-5-13(4)18-16(20)11-19(12(2)3)10-14-8-6-7-9-15(14)17/h6-9,12-13H,5,10-11,17H2,1-4H3,(H,18,20). The Morgan fingerprint density at radius 2 is 1.95 bits per heavy atom. The molecule has 0 radical (unpaired) electrons. The van der Waals surface area contributed by atoms with Gasteiger partial charge in [0.2, 0.25) is 5.91 Å². The zero-order valence-corrected chi connectivity index (χ0v) is 13.0. The van der Waals surface area contributed by atoms with Crippen LogP contribution in [0.15, 0.2) is 24.3 Å². The Morgan fingerprint density at radius 1 is 1.30 bits per heavy atom. The largest absolute Gasteiger partial charge is 0.398 e. The van der Waals surface area contributed by atoms with Gasteiger partial charge >= 0.3 is 0 Å². The van der Waals surface area contributed by atoms with Crippen LogP contribution in [0.2, 0.25) is 0 Å². The van der Waals surface area contributed by atoms with Crippen molar-refractivity contribution in [3.05, 3.63) is 29.8 Å². The van der Waals surface area contributed by atoms with Crippen LogP contribution in [0.1, 0.15) is 39.7 Å². The van der Waals surface area contributed by atoms with Crippen LogP contribution in [-0.2, 0) is 11.3 Å². The van der Waals surface area contributed by atoms with Crippen molar-refractivity contribution in [1.29, 1.82) is 0 Å². The van der Waals surface area contributed by atoms with Gasteiger partial charge in [-0.05, 0) is 38.8 Å².